The number of benzene rings is 1. The molecule has 1 amide bonds. The highest BCUT2D eigenvalue weighted by atomic mass is 16.1. The average Bonchev–Trinajstić information content (AvgIpc) is 2.25. The molecule has 0 saturated carbocycles. The molecule has 86 valence electrons. The molecule has 16 heavy (non-hydrogen) atoms. The molecule has 0 saturated heterocycles. The van der Waals surface area contributed by atoms with Gasteiger partial charge in [-0.05, 0) is 32.3 Å². The SMILES string of the molecule is CC(C)=CC[C@@H](Cc1ccccc1)C(N)=O. The van der Waals surface area contributed by atoms with Gasteiger partial charge in [-0.2, -0.15) is 0 Å². The van der Waals surface area contributed by atoms with E-state index < -0.39 is 0 Å². The minimum absolute atomic E-state index is 0.0997. The smallest absolute Gasteiger partial charge is 0.221 e. The van der Waals surface area contributed by atoms with E-state index in [0.717, 1.165) is 18.4 Å². The summed E-state index contributed by atoms with van der Waals surface area (Å²) in [5.41, 5.74) is 7.78. The second-order valence-corrected chi connectivity index (χ2v) is 4.31. The highest BCUT2D eigenvalue weighted by molar-refractivity contribution is 5.77. The minimum Gasteiger partial charge on any atom is -0.369 e. The summed E-state index contributed by atoms with van der Waals surface area (Å²) in [6, 6.07) is 9.98. The van der Waals surface area contributed by atoms with Gasteiger partial charge in [0.1, 0.15) is 0 Å². The Bertz CT molecular complexity index is 364. The van der Waals surface area contributed by atoms with E-state index in [-0.39, 0.29) is 11.8 Å². The molecule has 1 rings (SSSR count). The van der Waals surface area contributed by atoms with Crippen LogP contribution in [0, 0.1) is 5.92 Å². The van der Waals surface area contributed by atoms with Crippen molar-refractivity contribution in [2.24, 2.45) is 11.7 Å². The monoisotopic (exact) mass is 217 g/mol. The lowest BCUT2D eigenvalue weighted by Crippen LogP contribution is -2.24. The first-order valence-corrected chi connectivity index (χ1v) is 5.56. The van der Waals surface area contributed by atoms with E-state index in [1.54, 1.807) is 0 Å². The zero-order valence-electron chi connectivity index (χ0n) is 9.94. The van der Waals surface area contributed by atoms with Crippen LogP contribution in [0.15, 0.2) is 42.0 Å². The molecule has 0 radical (unpaired) electrons. The number of hydrogen-bond donors (Lipinski definition) is 1. The van der Waals surface area contributed by atoms with E-state index in [1.807, 2.05) is 44.2 Å². The van der Waals surface area contributed by atoms with Crippen molar-refractivity contribution < 1.29 is 4.79 Å². The third-order valence-corrected chi connectivity index (χ3v) is 2.54. The summed E-state index contributed by atoms with van der Waals surface area (Å²) in [4.78, 5) is 11.3. The molecule has 2 N–H and O–H groups in total. The fraction of sp³-hybridized carbons (Fsp3) is 0.357. The number of rotatable bonds is 5. The van der Waals surface area contributed by atoms with E-state index in [1.165, 1.54) is 5.57 Å². The molecule has 1 aromatic rings. The summed E-state index contributed by atoms with van der Waals surface area (Å²) in [6.07, 6.45) is 3.52. The van der Waals surface area contributed by atoms with Crippen molar-refractivity contribution in [3.63, 3.8) is 0 Å². The van der Waals surface area contributed by atoms with Gasteiger partial charge in [0, 0.05) is 5.92 Å². The van der Waals surface area contributed by atoms with Gasteiger partial charge in [-0.15, -0.1) is 0 Å². The van der Waals surface area contributed by atoms with Gasteiger partial charge in [-0.1, -0.05) is 42.0 Å². The fourth-order valence-electron chi connectivity index (χ4n) is 1.58. The van der Waals surface area contributed by atoms with Gasteiger partial charge in [0.25, 0.3) is 0 Å². The molecular weight excluding hydrogens is 198 g/mol. The van der Waals surface area contributed by atoms with Gasteiger partial charge in [-0.3, -0.25) is 4.79 Å². The number of allylic oxidation sites excluding steroid dienone is 2. The van der Waals surface area contributed by atoms with E-state index in [2.05, 4.69) is 6.08 Å². The Morgan fingerprint density at radius 2 is 1.94 bits per heavy atom. The highest BCUT2D eigenvalue weighted by Crippen LogP contribution is 2.13. The van der Waals surface area contributed by atoms with Crippen LogP contribution in [0.25, 0.3) is 0 Å². The van der Waals surface area contributed by atoms with Gasteiger partial charge in [0.15, 0.2) is 0 Å². The van der Waals surface area contributed by atoms with Crippen molar-refractivity contribution in [1.29, 1.82) is 0 Å². The molecule has 1 atom stereocenters. The lowest BCUT2D eigenvalue weighted by molar-refractivity contribution is -0.121. The van der Waals surface area contributed by atoms with Gasteiger partial charge >= 0.3 is 0 Å². The van der Waals surface area contributed by atoms with Gasteiger partial charge in [0.2, 0.25) is 5.91 Å². The van der Waals surface area contributed by atoms with Crippen LogP contribution in [0.2, 0.25) is 0 Å². The third-order valence-electron chi connectivity index (χ3n) is 2.54. The quantitative estimate of drug-likeness (QED) is 0.757. The maximum absolute atomic E-state index is 11.3. The minimum atomic E-state index is -0.221. The predicted molar refractivity (Wildman–Crippen MR) is 66.9 cm³/mol. The average molecular weight is 217 g/mol. The molecular formula is C14H19NO. The Labute approximate surface area is 97.2 Å². The molecule has 0 aliphatic heterocycles. The van der Waals surface area contributed by atoms with Gasteiger partial charge in [0.05, 0.1) is 0 Å². The lowest BCUT2D eigenvalue weighted by atomic mass is 9.95. The first kappa shape index (κ1) is 12.5. The van der Waals surface area contributed by atoms with Crippen LogP contribution in [-0.2, 0) is 11.2 Å². The predicted octanol–water partition coefficient (Wildman–Crippen LogP) is 2.69. The molecule has 0 aliphatic rings. The Hall–Kier alpha value is -1.57. The standard InChI is InChI=1S/C14H19NO/c1-11(2)8-9-13(14(15)16)10-12-6-4-3-5-7-12/h3-8,13H,9-10H2,1-2H3,(H2,15,16)/t13-/m0/s1. The topological polar surface area (TPSA) is 43.1 Å². The van der Waals surface area contributed by atoms with Crippen LogP contribution in [-0.4, -0.2) is 5.91 Å². The van der Waals surface area contributed by atoms with Crippen LogP contribution < -0.4 is 5.73 Å². The first-order valence-electron chi connectivity index (χ1n) is 5.56. The van der Waals surface area contributed by atoms with Crippen molar-refractivity contribution in [2.75, 3.05) is 0 Å². The van der Waals surface area contributed by atoms with Crippen molar-refractivity contribution in [2.45, 2.75) is 26.7 Å². The highest BCUT2D eigenvalue weighted by Gasteiger charge is 2.14. The van der Waals surface area contributed by atoms with Crippen LogP contribution in [0.5, 0.6) is 0 Å². The Kier molecular flexibility index (Phi) is 4.77. The molecule has 0 unspecified atom stereocenters. The summed E-state index contributed by atoms with van der Waals surface area (Å²) in [6.45, 7) is 4.06. The molecule has 0 heterocycles. The molecule has 0 bridgehead atoms. The zero-order valence-corrected chi connectivity index (χ0v) is 9.94. The summed E-state index contributed by atoms with van der Waals surface area (Å²) in [5, 5.41) is 0. The Morgan fingerprint density at radius 3 is 2.44 bits per heavy atom. The molecule has 0 aliphatic carbocycles. The summed E-state index contributed by atoms with van der Waals surface area (Å²) in [7, 11) is 0. The number of hydrogen-bond acceptors (Lipinski definition) is 1. The molecule has 0 aromatic heterocycles. The van der Waals surface area contributed by atoms with Crippen molar-refractivity contribution >= 4 is 5.91 Å². The van der Waals surface area contributed by atoms with E-state index in [4.69, 9.17) is 5.73 Å². The number of amides is 1. The van der Waals surface area contributed by atoms with Crippen LogP contribution in [0.1, 0.15) is 25.8 Å². The van der Waals surface area contributed by atoms with Crippen molar-refractivity contribution in [3.05, 3.63) is 47.5 Å². The van der Waals surface area contributed by atoms with Crippen LogP contribution >= 0.6 is 0 Å². The van der Waals surface area contributed by atoms with Crippen LogP contribution in [0.4, 0.5) is 0 Å². The molecule has 0 spiro atoms. The lowest BCUT2D eigenvalue weighted by Gasteiger charge is -2.11. The van der Waals surface area contributed by atoms with Gasteiger partial charge in [-0.25, -0.2) is 0 Å². The Morgan fingerprint density at radius 1 is 1.31 bits per heavy atom. The molecule has 0 fully saturated rings. The molecule has 2 heteroatoms. The van der Waals surface area contributed by atoms with E-state index >= 15 is 0 Å². The summed E-state index contributed by atoms with van der Waals surface area (Å²) >= 11 is 0. The summed E-state index contributed by atoms with van der Waals surface area (Å²) < 4.78 is 0. The maximum atomic E-state index is 11.3. The largest absolute Gasteiger partial charge is 0.369 e. The Balaban J connectivity index is 2.66. The maximum Gasteiger partial charge on any atom is 0.221 e. The number of primary amides is 1. The number of carbonyl (C=O) groups is 1. The number of carbonyl (C=O) groups excluding carboxylic acids is 1. The second-order valence-electron chi connectivity index (χ2n) is 4.31. The van der Waals surface area contributed by atoms with Crippen molar-refractivity contribution in [3.8, 4) is 0 Å². The van der Waals surface area contributed by atoms with Crippen molar-refractivity contribution in [1.82, 2.24) is 0 Å². The van der Waals surface area contributed by atoms with Gasteiger partial charge < -0.3 is 5.73 Å². The molecule has 1 aromatic carbocycles. The van der Waals surface area contributed by atoms with E-state index in [9.17, 15) is 4.79 Å². The summed E-state index contributed by atoms with van der Waals surface area (Å²) in [5.74, 6) is -0.321. The second kappa shape index (κ2) is 6.11. The number of nitrogens with two attached hydrogens (primary N) is 1. The third kappa shape index (κ3) is 4.30. The normalized spacial score (nSPS) is 11.9. The van der Waals surface area contributed by atoms with E-state index in [0.29, 0.717) is 0 Å². The fourth-order valence-corrected chi connectivity index (χ4v) is 1.58. The first-order chi connectivity index (χ1) is 7.59. The zero-order chi connectivity index (χ0) is 12.0. The van der Waals surface area contributed by atoms with Crippen LogP contribution in [0.3, 0.4) is 0 Å². The molecule has 2 nitrogen and oxygen atoms in total.